The monoisotopic (exact) mass is 304 g/mol. The summed E-state index contributed by atoms with van der Waals surface area (Å²) in [5.74, 6) is 1.96. The molecule has 3 unspecified atom stereocenters. The zero-order valence-corrected chi connectivity index (χ0v) is 14.3. The second-order valence-electron chi connectivity index (χ2n) is 9.81. The summed E-state index contributed by atoms with van der Waals surface area (Å²) in [6.07, 6.45) is 9.95. The van der Waals surface area contributed by atoms with Crippen molar-refractivity contribution >= 4 is 5.91 Å². The smallest absolute Gasteiger partial charge is 0.226 e. The van der Waals surface area contributed by atoms with E-state index in [1.807, 2.05) is 0 Å². The van der Waals surface area contributed by atoms with E-state index in [9.17, 15) is 4.79 Å². The second kappa shape index (κ2) is 4.96. The number of rotatable bonds is 4. The summed E-state index contributed by atoms with van der Waals surface area (Å²) in [7, 11) is 0. The van der Waals surface area contributed by atoms with Crippen molar-refractivity contribution in [3.05, 3.63) is 0 Å². The molecule has 4 bridgehead atoms. The van der Waals surface area contributed by atoms with E-state index in [1.165, 1.54) is 25.7 Å². The average Bonchev–Trinajstić information content (AvgIpc) is 2.87. The molecular formula is C19H32N2O. The molecule has 2 N–H and O–H groups in total. The van der Waals surface area contributed by atoms with E-state index in [4.69, 9.17) is 0 Å². The third-order valence-electron chi connectivity index (χ3n) is 7.11. The molecule has 1 heterocycles. The standard InChI is InChI=1S/C19H32N2O/c1-17-7-15-8-18(2,11-17)13-19(9-15,12-17)16(22)21-6-4-14-3-5-20-10-14/h14-15,20H,3-13H2,1-2H3,(H,21,22). The molecule has 3 heteroatoms. The SMILES string of the molecule is CC12CC3CC(C)(C1)CC(C(=O)NCCC1CCNC1)(C3)C2. The number of hydrogen-bond donors (Lipinski definition) is 2. The van der Waals surface area contributed by atoms with Gasteiger partial charge in [-0.15, -0.1) is 0 Å². The number of amides is 1. The van der Waals surface area contributed by atoms with Crippen LogP contribution in [-0.2, 0) is 4.79 Å². The summed E-state index contributed by atoms with van der Waals surface area (Å²) in [5, 5.41) is 6.75. The lowest BCUT2D eigenvalue weighted by Gasteiger charge is -2.64. The molecule has 0 radical (unpaired) electrons. The maximum atomic E-state index is 13.0. The first-order valence-electron chi connectivity index (χ1n) is 9.40. The molecule has 5 rings (SSSR count). The highest BCUT2D eigenvalue weighted by atomic mass is 16.2. The Kier molecular flexibility index (Phi) is 3.38. The second-order valence-corrected chi connectivity index (χ2v) is 9.81. The van der Waals surface area contributed by atoms with Gasteiger partial charge in [0.15, 0.2) is 0 Å². The summed E-state index contributed by atoms with van der Waals surface area (Å²) in [5.41, 5.74) is 0.832. The first-order valence-corrected chi connectivity index (χ1v) is 9.40. The van der Waals surface area contributed by atoms with E-state index in [1.54, 1.807) is 0 Å². The molecule has 0 aromatic rings. The zero-order chi connectivity index (χ0) is 15.4. The Hall–Kier alpha value is -0.570. The molecule has 5 fully saturated rings. The van der Waals surface area contributed by atoms with Crippen LogP contribution >= 0.6 is 0 Å². The predicted molar refractivity (Wildman–Crippen MR) is 88.4 cm³/mol. The summed E-state index contributed by atoms with van der Waals surface area (Å²) in [6, 6.07) is 0. The van der Waals surface area contributed by atoms with Crippen LogP contribution in [0.25, 0.3) is 0 Å². The van der Waals surface area contributed by atoms with Crippen molar-refractivity contribution in [1.29, 1.82) is 0 Å². The average molecular weight is 304 g/mol. The molecule has 3 nitrogen and oxygen atoms in total. The zero-order valence-electron chi connectivity index (χ0n) is 14.3. The van der Waals surface area contributed by atoms with Gasteiger partial charge in [0.05, 0.1) is 5.41 Å². The normalized spacial score (nSPS) is 49.5. The lowest BCUT2D eigenvalue weighted by Crippen LogP contribution is -2.60. The van der Waals surface area contributed by atoms with Crippen molar-refractivity contribution in [3.8, 4) is 0 Å². The molecular weight excluding hydrogens is 272 g/mol. The van der Waals surface area contributed by atoms with Crippen molar-refractivity contribution in [2.45, 2.75) is 65.2 Å². The molecule has 3 atom stereocenters. The fourth-order valence-corrected chi connectivity index (χ4v) is 7.24. The number of carbonyl (C=O) groups excluding carboxylic acids is 1. The maximum absolute atomic E-state index is 13.0. The Morgan fingerprint density at radius 3 is 2.45 bits per heavy atom. The minimum Gasteiger partial charge on any atom is -0.356 e. The molecule has 5 aliphatic rings. The van der Waals surface area contributed by atoms with Crippen LogP contribution in [0.4, 0.5) is 0 Å². The first kappa shape index (κ1) is 15.0. The third-order valence-corrected chi connectivity index (χ3v) is 7.11. The topological polar surface area (TPSA) is 41.1 Å². The van der Waals surface area contributed by atoms with Gasteiger partial charge >= 0.3 is 0 Å². The van der Waals surface area contributed by atoms with Crippen LogP contribution in [0.1, 0.15) is 65.2 Å². The fraction of sp³-hybridized carbons (Fsp3) is 0.947. The Morgan fingerprint density at radius 1 is 1.14 bits per heavy atom. The van der Waals surface area contributed by atoms with Gasteiger partial charge in [0.25, 0.3) is 0 Å². The van der Waals surface area contributed by atoms with Crippen molar-refractivity contribution < 1.29 is 4.79 Å². The lowest BCUT2D eigenvalue weighted by molar-refractivity contribution is -0.170. The van der Waals surface area contributed by atoms with Crippen molar-refractivity contribution in [3.63, 3.8) is 0 Å². The Morgan fingerprint density at radius 2 is 1.86 bits per heavy atom. The van der Waals surface area contributed by atoms with Gasteiger partial charge in [-0.3, -0.25) is 4.79 Å². The van der Waals surface area contributed by atoms with E-state index in [2.05, 4.69) is 24.5 Å². The minimum absolute atomic E-state index is 0.0309. The third kappa shape index (κ3) is 2.50. The van der Waals surface area contributed by atoms with Crippen LogP contribution in [0.3, 0.4) is 0 Å². The van der Waals surface area contributed by atoms with Crippen LogP contribution in [0.5, 0.6) is 0 Å². The quantitative estimate of drug-likeness (QED) is 0.838. The Bertz CT molecular complexity index is 450. The first-order chi connectivity index (χ1) is 10.4. The molecule has 22 heavy (non-hydrogen) atoms. The molecule has 4 aliphatic carbocycles. The highest BCUT2D eigenvalue weighted by Gasteiger charge is 2.62. The molecule has 0 aromatic carbocycles. The molecule has 1 saturated heterocycles. The van der Waals surface area contributed by atoms with Gasteiger partial charge in [0.1, 0.15) is 0 Å². The van der Waals surface area contributed by atoms with Crippen LogP contribution in [-0.4, -0.2) is 25.5 Å². The Labute approximate surface area is 135 Å². The highest BCUT2D eigenvalue weighted by Crippen LogP contribution is 2.69. The molecule has 1 aliphatic heterocycles. The fourth-order valence-electron chi connectivity index (χ4n) is 7.24. The van der Waals surface area contributed by atoms with Crippen molar-refractivity contribution in [2.24, 2.45) is 28.1 Å². The van der Waals surface area contributed by atoms with Crippen LogP contribution in [0.2, 0.25) is 0 Å². The van der Waals surface area contributed by atoms with Gasteiger partial charge in [-0.2, -0.15) is 0 Å². The summed E-state index contributed by atoms with van der Waals surface area (Å²) < 4.78 is 0. The molecule has 124 valence electrons. The van der Waals surface area contributed by atoms with Crippen LogP contribution in [0, 0.1) is 28.1 Å². The van der Waals surface area contributed by atoms with E-state index >= 15 is 0 Å². The molecule has 0 spiro atoms. The van der Waals surface area contributed by atoms with Crippen molar-refractivity contribution in [2.75, 3.05) is 19.6 Å². The van der Waals surface area contributed by atoms with Gasteiger partial charge in [-0.1, -0.05) is 13.8 Å². The van der Waals surface area contributed by atoms with Gasteiger partial charge in [0.2, 0.25) is 5.91 Å². The van der Waals surface area contributed by atoms with Crippen molar-refractivity contribution in [1.82, 2.24) is 10.6 Å². The van der Waals surface area contributed by atoms with Gasteiger partial charge < -0.3 is 10.6 Å². The molecule has 4 saturated carbocycles. The van der Waals surface area contributed by atoms with Gasteiger partial charge in [-0.05, 0) is 87.1 Å². The summed E-state index contributed by atoms with van der Waals surface area (Å²) in [4.78, 5) is 13.0. The molecule has 1 amide bonds. The van der Waals surface area contributed by atoms with Crippen LogP contribution < -0.4 is 10.6 Å². The number of carbonyl (C=O) groups is 1. The minimum atomic E-state index is -0.0309. The predicted octanol–water partition coefficient (Wildman–Crippen LogP) is 3.10. The van der Waals surface area contributed by atoms with E-state index in [0.717, 1.165) is 57.2 Å². The number of nitrogens with one attached hydrogen (secondary N) is 2. The van der Waals surface area contributed by atoms with Gasteiger partial charge in [0, 0.05) is 6.54 Å². The summed E-state index contributed by atoms with van der Waals surface area (Å²) >= 11 is 0. The molecule has 0 aromatic heterocycles. The number of hydrogen-bond acceptors (Lipinski definition) is 2. The highest BCUT2D eigenvalue weighted by molar-refractivity contribution is 5.83. The largest absolute Gasteiger partial charge is 0.356 e. The maximum Gasteiger partial charge on any atom is 0.226 e. The lowest BCUT2D eigenvalue weighted by atomic mass is 9.40. The van der Waals surface area contributed by atoms with E-state index in [0.29, 0.717) is 16.7 Å². The van der Waals surface area contributed by atoms with E-state index in [-0.39, 0.29) is 5.41 Å². The Balaban J connectivity index is 1.41. The van der Waals surface area contributed by atoms with E-state index < -0.39 is 0 Å². The van der Waals surface area contributed by atoms with Crippen LogP contribution in [0.15, 0.2) is 0 Å². The summed E-state index contributed by atoms with van der Waals surface area (Å²) in [6.45, 7) is 8.06. The van der Waals surface area contributed by atoms with Gasteiger partial charge in [-0.25, -0.2) is 0 Å².